The maximum Gasteiger partial charge on any atom is 0.316 e. The predicted molar refractivity (Wildman–Crippen MR) is 68.0 cm³/mol. The number of nitro benzene ring substituents is 1. The van der Waals surface area contributed by atoms with E-state index in [1.54, 1.807) is 6.92 Å². The third-order valence-corrected chi connectivity index (χ3v) is 2.82. The highest BCUT2D eigenvalue weighted by atomic mass is 35.5. The molecule has 1 atom stereocenters. The van der Waals surface area contributed by atoms with Crippen LogP contribution in [-0.4, -0.2) is 23.8 Å². The number of carbonyl (C=O) groups excluding carboxylic acids is 2. The van der Waals surface area contributed by atoms with E-state index < -0.39 is 16.8 Å². The average molecular weight is 286 g/mol. The maximum atomic E-state index is 11.5. The lowest BCUT2D eigenvalue weighted by molar-refractivity contribution is -0.385. The predicted octanol–water partition coefficient (Wildman–Crippen LogP) is 2.17. The highest BCUT2D eigenvalue weighted by Crippen LogP contribution is 2.28. The molecule has 0 bridgehead atoms. The van der Waals surface area contributed by atoms with Crippen molar-refractivity contribution in [3.63, 3.8) is 0 Å². The van der Waals surface area contributed by atoms with Gasteiger partial charge in [0.15, 0.2) is 0 Å². The molecular formula is C12H12ClNO5. The van der Waals surface area contributed by atoms with E-state index in [0.717, 1.165) is 0 Å². The molecule has 1 rings (SSSR count). The molecule has 1 aromatic carbocycles. The molecule has 6 nitrogen and oxygen atoms in total. The normalized spacial score (nSPS) is 11.7. The lowest BCUT2D eigenvalue weighted by Gasteiger charge is -2.10. The Hall–Kier alpha value is -1.95. The monoisotopic (exact) mass is 285 g/mol. The molecular weight excluding hydrogens is 274 g/mol. The van der Waals surface area contributed by atoms with Crippen LogP contribution in [0.15, 0.2) is 18.2 Å². The van der Waals surface area contributed by atoms with Crippen molar-refractivity contribution in [1.82, 2.24) is 0 Å². The summed E-state index contributed by atoms with van der Waals surface area (Å²) in [6.07, 6.45) is 0.253. The first-order valence-electron chi connectivity index (χ1n) is 5.55. The number of halogens is 1. The molecule has 0 fully saturated rings. The molecule has 0 spiro atoms. The van der Waals surface area contributed by atoms with Crippen LogP contribution in [0.25, 0.3) is 0 Å². The van der Waals surface area contributed by atoms with Gasteiger partial charge in [-0.2, -0.15) is 0 Å². The van der Waals surface area contributed by atoms with Gasteiger partial charge in [0.2, 0.25) is 0 Å². The summed E-state index contributed by atoms with van der Waals surface area (Å²) in [7, 11) is 0. The number of benzene rings is 1. The molecule has 0 saturated carbocycles. The summed E-state index contributed by atoms with van der Waals surface area (Å²) in [5, 5.41) is 11.0. The van der Waals surface area contributed by atoms with Gasteiger partial charge in [-0.05, 0) is 13.0 Å². The second-order valence-electron chi connectivity index (χ2n) is 3.69. The van der Waals surface area contributed by atoms with Gasteiger partial charge in [-0.15, -0.1) is 0 Å². The van der Waals surface area contributed by atoms with E-state index in [2.05, 4.69) is 0 Å². The molecule has 102 valence electrons. The Bertz CT molecular complexity index is 503. The summed E-state index contributed by atoms with van der Waals surface area (Å²) < 4.78 is 4.72. The van der Waals surface area contributed by atoms with Crippen LogP contribution in [0, 0.1) is 16.0 Å². The van der Waals surface area contributed by atoms with Crippen LogP contribution in [0.3, 0.4) is 0 Å². The number of nitrogens with zero attached hydrogens (tertiary/aromatic N) is 1. The van der Waals surface area contributed by atoms with Crippen LogP contribution < -0.4 is 0 Å². The minimum absolute atomic E-state index is 0.133. The van der Waals surface area contributed by atoms with Crippen molar-refractivity contribution in [2.24, 2.45) is 5.92 Å². The molecule has 19 heavy (non-hydrogen) atoms. The van der Waals surface area contributed by atoms with Crippen LogP contribution >= 0.6 is 11.6 Å². The summed E-state index contributed by atoms with van der Waals surface area (Å²) in [6.45, 7) is 1.74. The van der Waals surface area contributed by atoms with E-state index in [1.165, 1.54) is 18.2 Å². The Kier molecular flexibility index (Phi) is 5.44. The van der Waals surface area contributed by atoms with Crippen molar-refractivity contribution in [1.29, 1.82) is 0 Å². The third-order valence-electron chi connectivity index (χ3n) is 2.47. The van der Waals surface area contributed by atoms with Gasteiger partial charge in [-0.1, -0.05) is 17.7 Å². The van der Waals surface area contributed by atoms with Gasteiger partial charge in [0.25, 0.3) is 5.69 Å². The number of hydrogen-bond acceptors (Lipinski definition) is 5. The van der Waals surface area contributed by atoms with Crippen molar-refractivity contribution in [2.75, 3.05) is 6.61 Å². The van der Waals surface area contributed by atoms with Gasteiger partial charge < -0.3 is 9.53 Å². The average Bonchev–Trinajstić information content (AvgIpc) is 2.37. The number of aldehydes is 1. The van der Waals surface area contributed by atoms with Crippen molar-refractivity contribution in [2.45, 2.75) is 13.3 Å². The Morgan fingerprint density at radius 3 is 2.79 bits per heavy atom. The topological polar surface area (TPSA) is 86.5 Å². The number of ether oxygens (including phenoxy) is 1. The SMILES string of the molecule is CCOC(=O)C(C=O)Cc1c(Cl)cccc1[N+](=O)[O-]. The van der Waals surface area contributed by atoms with Crippen molar-refractivity contribution >= 4 is 29.5 Å². The zero-order chi connectivity index (χ0) is 14.4. The third kappa shape index (κ3) is 3.75. The second kappa shape index (κ2) is 6.84. The number of esters is 1. The first kappa shape index (κ1) is 15.1. The zero-order valence-electron chi connectivity index (χ0n) is 10.2. The smallest absolute Gasteiger partial charge is 0.316 e. The lowest BCUT2D eigenvalue weighted by atomic mass is 9.99. The molecule has 0 aliphatic carbocycles. The van der Waals surface area contributed by atoms with Crippen LogP contribution in [-0.2, 0) is 20.7 Å². The summed E-state index contributed by atoms with van der Waals surface area (Å²) in [4.78, 5) is 32.7. The van der Waals surface area contributed by atoms with E-state index in [4.69, 9.17) is 16.3 Å². The van der Waals surface area contributed by atoms with Crippen molar-refractivity contribution < 1.29 is 19.2 Å². The molecule has 0 aromatic heterocycles. The van der Waals surface area contributed by atoms with Crippen LogP contribution in [0.2, 0.25) is 5.02 Å². The maximum absolute atomic E-state index is 11.5. The zero-order valence-corrected chi connectivity index (χ0v) is 10.9. The van der Waals surface area contributed by atoms with Gasteiger partial charge in [-0.3, -0.25) is 14.9 Å². The molecule has 0 radical (unpaired) electrons. The standard InChI is InChI=1S/C12H12ClNO5/c1-2-19-12(16)8(7-15)6-9-10(13)4-3-5-11(9)14(17)18/h3-5,7-8H,2,6H2,1H3. The summed E-state index contributed by atoms with van der Waals surface area (Å²) >= 11 is 5.88. The number of rotatable bonds is 6. The van der Waals surface area contributed by atoms with Gasteiger partial charge in [0.1, 0.15) is 12.2 Å². The van der Waals surface area contributed by atoms with E-state index in [0.29, 0.717) is 6.29 Å². The fourth-order valence-corrected chi connectivity index (χ4v) is 1.82. The molecule has 0 aliphatic heterocycles. The fraction of sp³-hybridized carbons (Fsp3) is 0.333. The lowest BCUT2D eigenvalue weighted by Crippen LogP contribution is -2.22. The number of hydrogen-bond donors (Lipinski definition) is 0. The van der Waals surface area contributed by atoms with E-state index >= 15 is 0 Å². The molecule has 0 saturated heterocycles. The molecule has 0 amide bonds. The largest absolute Gasteiger partial charge is 0.465 e. The molecule has 7 heteroatoms. The molecule has 1 aromatic rings. The Morgan fingerprint density at radius 2 is 2.26 bits per heavy atom. The first-order chi connectivity index (χ1) is 9.01. The summed E-state index contributed by atoms with van der Waals surface area (Å²) in [5.74, 6) is -1.81. The molecule has 1 unspecified atom stereocenters. The van der Waals surface area contributed by atoms with Crippen LogP contribution in [0.4, 0.5) is 5.69 Å². The van der Waals surface area contributed by atoms with Crippen molar-refractivity contribution in [3.8, 4) is 0 Å². The van der Waals surface area contributed by atoms with E-state index in [9.17, 15) is 19.7 Å². The highest BCUT2D eigenvalue weighted by molar-refractivity contribution is 6.31. The van der Waals surface area contributed by atoms with E-state index in [-0.39, 0.29) is 29.3 Å². The van der Waals surface area contributed by atoms with E-state index in [1.807, 2.05) is 0 Å². The number of carbonyl (C=O) groups is 2. The Labute approximate surface area is 114 Å². The van der Waals surface area contributed by atoms with Gasteiger partial charge >= 0.3 is 5.97 Å². The Morgan fingerprint density at radius 1 is 1.58 bits per heavy atom. The number of nitro groups is 1. The fourth-order valence-electron chi connectivity index (χ4n) is 1.58. The van der Waals surface area contributed by atoms with Crippen LogP contribution in [0.5, 0.6) is 0 Å². The van der Waals surface area contributed by atoms with Crippen LogP contribution in [0.1, 0.15) is 12.5 Å². The second-order valence-corrected chi connectivity index (χ2v) is 4.10. The van der Waals surface area contributed by atoms with Gasteiger partial charge in [0.05, 0.1) is 16.6 Å². The van der Waals surface area contributed by atoms with Gasteiger partial charge in [0, 0.05) is 18.1 Å². The first-order valence-corrected chi connectivity index (χ1v) is 5.92. The minimum atomic E-state index is -1.10. The Balaban J connectivity index is 3.06. The highest BCUT2D eigenvalue weighted by Gasteiger charge is 2.25. The molecule has 0 heterocycles. The minimum Gasteiger partial charge on any atom is -0.465 e. The molecule has 0 aliphatic rings. The van der Waals surface area contributed by atoms with Gasteiger partial charge in [-0.25, -0.2) is 0 Å². The summed E-state index contributed by atoms with van der Waals surface area (Å²) in [6, 6.07) is 4.18. The quantitative estimate of drug-likeness (QED) is 0.263. The summed E-state index contributed by atoms with van der Waals surface area (Å²) in [5.41, 5.74) is -0.0667. The molecule has 0 N–H and O–H groups in total. The van der Waals surface area contributed by atoms with Crippen molar-refractivity contribution in [3.05, 3.63) is 38.9 Å².